The maximum absolute atomic E-state index is 14.7. The average molecular weight is 524 g/mol. The van der Waals surface area contributed by atoms with E-state index in [1.807, 2.05) is 70.2 Å². The van der Waals surface area contributed by atoms with Gasteiger partial charge in [-0.15, -0.1) is 11.8 Å². The second kappa shape index (κ2) is 9.62. The number of para-hydroxylation sites is 1. The molecular weight excluding hydrogens is 486 g/mol. The second-order valence-corrected chi connectivity index (χ2v) is 12.4. The minimum Gasteiger partial charge on any atom is -0.394 e. The first-order chi connectivity index (χ1) is 17.7. The molecule has 7 atom stereocenters. The van der Waals surface area contributed by atoms with E-state index in [4.69, 9.17) is 0 Å². The Morgan fingerprint density at radius 1 is 1.08 bits per heavy atom. The van der Waals surface area contributed by atoms with Gasteiger partial charge in [-0.2, -0.15) is 0 Å². The fraction of sp³-hybridized carbons (Fsp3) is 0.552. The van der Waals surface area contributed by atoms with Crippen molar-refractivity contribution in [2.75, 3.05) is 31.6 Å². The predicted molar refractivity (Wildman–Crippen MR) is 146 cm³/mol. The van der Waals surface area contributed by atoms with Crippen LogP contribution in [0.2, 0.25) is 0 Å². The molecule has 7 nitrogen and oxygen atoms in total. The number of carbonyl (C=O) groups excluding carboxylic acids is 3. The Balaban J connectivity index is 1.69. The van der Waals surface area contributed by atoms with Gasteiger partial charge in [-0.3, -0.25) is 14.4 Å². The number of aliphatic hydroxyl groups is 1. The van der Waals surface area contributed by atoms with Gasteiger partial charge in [0.2, 0.25) is 11.8 Å². The number of hydrogen-bond donors (Lipinski definition) is 1. The summed E-state index contributed by atoms with van der Waals surface area (Å²) < 4.78 is -0.881. The van der Waals surface area contributed by atoms with Gasteiger partial charge in [-0.05, 0) is 30.9 Å². The van der Waals surface area contributed by atoms with E-state index in [2.05, 4.69) is 0 Å². The summed E-state index contributed by atoms with van der Waals surface area (Å²) in [7, 11) is 1.77. The number of nitrogens with zero attached hydrogens (tertiary/aromatic N) is 3. The van der Waals surface area contributed by atoms with Crippen molar-refractivity contribution >= 4 is 35.2 Å². The van der Waals surface area contributed by atoms with Gasteiger partial charge in [-0.1, -0.05) is 62.8 Å². The largest absolute Gasteiger partial charge is 0.394 e. The van der Waals surface area contributed by atoms with Crippen molar-refractivity contribution < 1.29 is 19.5 Å². The zero-order valence-corrected chi connectivity index (χ0v) is 23.1. The lowest BCUT2D eigenvalue weighted by Gasteiger charge is -2.40. The standard InChI is InChI=1S/C29H37N3O4S/c1-6-17(2)20(16-33)32-25-28(36)31(24-18(3)10-7-11-19(24)4)15-9-13-29(25)23(27(32)35)22-21(37-29)12-8-14-30(5)26(22)34/h7-13,17,20-23,25,33H,6,14-16H2,1-5H3/t17-,20-,21+,22-,23-,25?,29-/m0/s1. The van der Waals surface area contributed by atoms with Gasteiger partial charge < -0.3 is 19.8 Å². The topological polar surface area (TPSA) is 81.2 Å². The zero-order valence-electron chi connectivity index (χ0n) is 22.3. The minimum absolute atomic E-state index is 0.00768. The minimum atomic E-state index is -0.881. The van der Waals surface area contributed by atoms with E-state index in [0.717, 1.165) is 23.2 Å². The van der Waals surface area contributed by atoms with Gasteiger partial charge >= 0.3 is 0 Å². The van der Waals surface area contributed by atoms with E-state index in [9.17, 15) is 19.5 Å². The van der Waals surface area contributed by atoms with Crippen molar-refractivity contribution in [1.29, 1.82) is 0 Å². The molecule has 0 bridgehead atoms. The highest BCUT2D eigenvalue weighted by Crippen LogP contribution is 2.61. The summed E-state index contributed by atoms with van der Waals surface area (Å²) in [5, 5.41) is 10.3. The Bertz CT molecular complexity index is 1160. The summed E-state index contributed by atoms with van der Waals surface area (Å²) in [5.41, 5.74) is 2.85. The number of aryl methyl sites for hydroxylation is 2. The molecule has 4 aliphatic rings. The Kier molecular flexibility index (Phi) is 6.77. The van der Waals surface area contributed by atoms with Crippen molar-refractivity contribution in [3.63, 3.8) is 0 Å². The molecule has 1 spiro atoms. The van der Waals surface area contributed by atoms with Crippen LogP contribution >= 0.6 is 11.8 Å². The van der Waals surface area contributed by atoms with Crippen LogP contribution in [-0.4, -0.2) is 81.5 Å². The molecule has 8 heteroatoms. The SMILES string of the molecule is CC[C@H](C)[C@H](CO)N1C(=O)[C@@H]2[C@H]3C(=O)N(C)CC=C[C@H]3S[C@@]23C=CCN(c2c(C)cccc2C)C(=O)C13. The molecule has 37 heavy (non-hydrogen) atoms. The maximum atomic E-state index is 14.7. The fourth-order valence-electron chi connectivity index (χ4n) is 6.81. The van der Waals surface area contributed by atoms with Crippen molar-refractivity contribution in [3.05, 3.63) is 53.6 Å². The highest BCUT2D eigenvalue weighted by atomic mass is 32.2. The molecule has 0 radical (unpaired) electrons. The van der Waals surface area contributed by atoms with Gasteiger partial charge in [0.15, 0.2) is 0 Å². The summed E-state index contributed by atoms with van der Waals surface area (Å²) >= 11 is 1.58. The van der Waals surface area contributed by atoms with Crippen LogP contribution in [0.1, 0.15) is 31.4 Å². The normalized spacial score (nSPS) is 32.7. The highest BCUT2D eigenvalue weighted by Gasteiger charge is 2.72. The van der Waals surface area contributed by atoms with E-state index >= 15 is 0 Å². The number of amides is 3. The number of anilines is 1. The van der Waals surface area contributed by atoms with E-state index in [-0.39, 0.29) is 35.5 Å². The lowest BCUT2D eigenvalue weighted by atomic mass is 9.78. The summed E-state index contributed by atoms with van der Waals surface area (Å²) in [6.45, 7) is 8.71. The molecule has 0 saturated carbocycles. The molecule has 2 saturated heterocycles. The van der Waals surface area contributed by atoms with Crippen molar-refractivity contribution in [1.82, 2.24) is 9.80 Å². The third kappa shape index (κ3) is 3.78. The van der Waals surface area contributed by atoms with Crippen LogP contribution in [0.4, 0.5) is 5.69 Å². The number of likely N-dealkylation sites (tertiary alicyclic amines) is 1. The van der Waals surface area contributed by atoms with Gasteiger partial charge in [0, 0.05) is 31.1 Å². The fourth-order valence-corrected chi connectivity index (χ4v) is 8.80. The molecule has 1 N–H and O–H groups in total. The molecule has 198 valence electrons. The van der Waals surface area contributed by atoms with Crippen LogP contribution in [0.15, 0.2) is 42.5 Å². The molecule has 4 heterocycles. The number of thioether (sulfide) groups is 1. The summed E-state index contributed by atoms with van der Waals surface area (Å²) in [5.74, 6) is -1.61. The molecule has 0 aromatic heterocycles. The van der Waals surface area contributed by atoms with Crippen LogP contribution in [-0.2, 0) is 14.4 Å². The van der Waals surface area contributed by atoms with E-state index in [1.165, 1.54) is 0 Å². The van der Waals surface area contributed by atoms with Crippen molar-refractivity contribution in [3.8, 4) is 0 Å². The molecular formula is C29H37N3O4S. The summed E-state index contributed by atoms with van der Waals surface area (Å²) in [4.78, 5) is 47.8. The number of benzene rings is 1. The van der Waals surface area contributed by atoms with E-state index in [1.54, 1.807) is 33.5 Å². The predicted octanol–water partition coefficient (Wildman–Crippen LogP) is 2.94. The first-order valence-electron chi connectivity index (χ1n) is 13.3. The van der Waals surface area contributed by atoms with Crippen LogP contribution in [0.3, 0.4) is 0 Å². The van der Waals surface area contributed by atoms with Crippen LogP contribution in [0.25, 0.3) is 0 Å². The van der Waals surface area contributed by atoms with Gasteiger partial charge in [-0.25, -0.2) is 0 Å². The van der Waals surface area contributed by atoms with Gasteiger partial charge in [0.25, 0.3) is 5.91 Å². The number of aliphatic hydroxyl groups excluding tert-OH is 1. The summed E-state index contributed by atoms with van der Waals surface area (Å²) in [6, 6.07) is 4.66. The molecule has 1 aromatic rings. The monoisotopic (exact) mass is 523 g/mol. The lowest BCUT2D eigenvalue weighted by Crippen LogP contribution is -2.58. The summed E-state index contributed by atoms with van der Waals surface area (Å²) in [6.07, 6.45) is 8.83. The van der Waals surface area contributed by atoms with Crippen molar-refractivity contribution in [2.45, 2.75) is 56.2 Å². The highest BCUT2D eigenvalue weighted by molar-refractivity contribution is 8.02. The molecule has 1 aromatic carbocycles. The van der Waals surface area contributed by atoms with Crippen LogP contribution in [0, 0.1) is 31.6 Å². The van der Waals surface area contributed by atoms with Crippen LogP contribution in [0.5, 0.6) is 0 Å². The number of rotatable bonds is 5. The third-order valence-electron chi connectivity index (χ3n) is 8.85. The molecule has 3 amide bonds. The first-order valence-corrected chi connectivity index (χ1v) is 14.1. The van der Waals surface area contributed by atoms with Gasteiger partial charge in [0.1, 0.15) is 6.04 Å². The Labute approximate surface area is 223 Å². The van der Waals surface area contributed by atoms with Crippen LogP contribution < -0.4 is 4.90 Å². The Hall–Kier alpha value is -2.58. The first kappa shape index (κ1) is 26.0. The third-order valence-corrected chi connectivity index (χ3v) is 10.6. The number of likely N-dealkylation sites (N-methyl/N-ethyl adjacent to an activating group) is 1. The molecule has 5 rings (SSSR count). The number of carbonyl (C=O) groups is 3. The number of hydrogen-bond acceptors (Lipinski definition) is 5. The Morgan fingerprint density at radius 3 is 2.43 bits per heavy atom. The molecule has 4 aliphatic heterocycles. The van der Waals surface area contributed by atoms with Gasteiger partial charge in [0.05, 0.1) is 29.2 Å². The maximum Gasteiger partial charge on any atom is 0.251 e. The lowest BCUT2D eigenvalue weighted by molar-refractivity contribution is -0.145. The second-order valence-electron chi connectivity index (χ2n) is 11.0. The Morgan fingerprint density at radius 2 is 1.78 bits per heavy atom. The molecule has 1 unspecified atom stereocenters. The van der Waals surface area contributed by atoms with E-state index in [0.29, 0.717) is 13.1 Å². The quantitative estimate of drug-likeness (QED) is 0.601. The van der Waals surface area contributed by atoms with E-state index < -0.39 is 28.7 Å². The van der Waals surface area contributed by atoms with Crippen molar-refractivity contribution in [2.24, 2.45) is 17.8 Å². The smallest absolute Gasteiger partial charge is 0.251 e. The number of fused-ring (bicyclic) bond motifs is 2. The zero-order chi connectivity index (χ0) is 26.6. The molecule has 2 fully saturated rings. The molecule has 0 aliphatic carbocycles. The average Bonchev–Trinajstić information content (AvgIpc) is 3.20.